The number of hydrogen-bond donors (Lipinski definition) is 3. The van der Waals surface area contributed by atoms with Gasteiger partial charge in [0.25, 0.3) is 0 Å². The lowest BCUT2D eigenvalue weighted by atomic mass is 9.76. The van der Waals surface area contributed by atoms with Gasteiger partial charge in [0.1, 0.15) is 6.42 Å². The minimum Gasteiger partial charge on any atom is -0.441 e. The molecule has 0 aromatic heterocycles. The van der Waals surface area contributed by atoms with Gasteiger partial charge in [0, 0.05) is 0 Å². The van der Waals surface area contributed by atoms with Gasteiger partial charge in [0.2, 0.25) is 5.91 Å². The van der Waals surface area contributed by atoms with Crippen LogP contribution in [-0.4, -0.2) is 65.4 Å². The summed E-state index contributed by atoms with van der Waals surface area (Å²) in [4.78, 5) is 24.7. The Labute approximate surface area is 150 Å². The number of amides is 2. The third kappa shape index (κ3) is 5.44. The summed E-state index contributed by atoms with van der Waals surface area (Å²) in [5.74, 6) is -1.57. The number of ether oxygens (including phenoxy) is 1. The van der Waals surface area contributed by atoms with E-state index in [0.29, 0.717) is 0 Å². The number of benzene rings is 1. The summed E-state index contributed by atoms with van der Waals surface area (Å²) >= 11 is 0. The zero-order valence-electron chi connectivity index (χ0n) is 13.9. The maximum absolute atomic E-state index is 14.0. The molecule has 10 heteroatoms. The van der Waals surface area contributed by atoms with Gasteiger partial charge in [0.05, 0.1) is 25.1 Å². The molecule has 1 aliphatic heterocycles. The van der Waals surface area contributed by atoms with Gasteiger partial charge < -0.3 is 25.0 Å². The molecular formula is C16H19BFN3O5. The Bertz CT molecular complexity index is 670. The largest absolute Gasteiger partial charge is 0.475 e. The van der Waals surface area contributed by atoms with E-state index in [1.807, 2.05) is 0 Å². The van der Waals surface area contributed by atoms with Gasteiger partial charge >= 0.3 is 13.2 Å². The van der Waals surface area contributed by atoms with Crippen molar-refractivity contribution in [1.82, 2.24) is 10.2 Å². The molecule has 1 saturated heterocycles. The zero-order chi connectivity index (χ0) is 19.1. The molecule has 0 bridgehead atoms. The summed E-state index contributed by atoms with van der Waals surface area (Å²) in [6.45, 7) is -0.408. The van der Waals surface area contributed by atoms with E-state index in [1.54, 1.807) is 36.4 Å². The molecular weight excluding hydrogens is 344 g/mol. The van der Waals surface area contributed by atoms with Crippen molar-refractivity contribution >= 4 is 19.1 Å². The average Bonchev–Trinajstić information content (AvgIpc) is 2.96. The SMILES string of the molecule is N#CCC(=O)N1C[C@H](F)[C@H](OC(=O)N[C@@H](Cc2ccccc2)B(O)O)C1. The number of carbonyl (C=O) groups is 2. The van der Waals surface area contributed by atoms with Crippen LogP contribution in [0.2, 0.25) is 0 Å². The van der Waals surface area contributed by atoms with Gasteiger partial charge in [-0.15, -0.1) is 0 Å². The van der Waals surface area contributed by atoms with E-state index in [2.05, 4.69) is 5.32 Å². The molecule has 138 valence electrons. The van der Waals surface area contributed by atoms with Crippen LogP contribution in [0.3, 0.4) is 0 Å². The summed E-state index contributed by atoms with van der Waals surface area (Å²) in [7, 11) is -1.83. The zero-order valence-corrected chi connectivity index (χ0v) is 13.9. The second-order valence-corrected chi connectivity index (χ2v) is 5.95. The molecule has 2 amide bonds. The number of hydrogen-bond acceptors (Lipinski definition) is 6. The molecule has 1 heterocycles. The van der Waals surface area contributed by atoms with Crippen LogP contribution in [0.5, 0.6) is 0 Å². The number of nitrogens with zero attached hydrogens (tertiary/aromatic N) is 2. The van der Waals surface area contributed by atoms with E-state index in [1.165, 1.54) is 0 Å². The molecule has 1 aromatic rings. The molecule has 0 unspecified atom stereocenters. The fourth-order valence-corrected chi connectivity index (χ4v) is 2.65. The fourth-order valence-electron chi connectivity index (χ4n) is 2.65. The molecule has 0 spiro atoms. The van der Waals surface area contributed by atoms with Gasteiger partial charge in [-0.3, -0.25) is 4.79 Å². The van der Waals surface area contributed by atoms with Crippen LogP contribution in [-0.2, 0) is 16.0 Å². The second kappa shape index (κ2) is 9.17. The van der Waals surface area contributed by atoms with Gasteiger partial charge in [-0.1, -0.05) is 30.3 Å². The van der Waals surface area contributed by atoms with Crippen molar-refractivity contribution in [3.05, 3.63) is 35.9 Å². The number of nitriles is 1. The van der Waals surface area contributed by atoms with E-state index in [4.69, 9.17) is 10.00 Å². The van der Waals surface area contributed by atoms with E-state index in [0.717, 1.165) is 10.5 Å². The molecule has 8 nitrogen and oxygen atoms in total. The number of rotatable bonds is 6. The Morgan fingerprint density at radius 1 is 1.38 bits per heavy atom. The third-order valence-corrected chi connectivity index (χ3v) is 4.00. The van der Waals surface area contributed by atoms with Gasteiger partial charge in [-0.05, 0) is 12.0 Å². The molecule has 0 aliphatic carbocycles. The van der Waals surface area contributed by atoms with Crippen LogP contribution in [0.15, 0.2) is 30.3 Å². The van der Waals surface area contributed by atoms with Crippen LogP contribution >= 0.6 is 0 Å². The fraction of sp³-hybridized carbons (Fsp3) is 0.438. The minimum atomic E-state index is -1.83. The van der Waals surface area contributed by atoms with Crippen molar-refractivity contribution in [1.29, 1.82) is 5.26 Å². The maximum Gasteiger partial charge on any atom is 0.475 e. The number of carbonyl (C=O) groups excluding carboxylic acids is 2. The monoisotopic (exact) mass is 363 g/mol. The Hall–Kier alpha value is -2.64. The van der Waals surface area contributed by atoms with Crippen LogP contribution < -0.4 is 5.32 Å². The first-order valence-electron chi connectivity index (χ1n) is 8.06. The number of alkyl carbamates (subject to hydrolysis) is 1. The van der Waals surface area contributed by atoms with Crippen molar-refractivity contribution < 1.29 is 28.8 Å². The van der Waals surface area contributed by atoms with Gasteiger partial charge in [-0.25, -0.2) is 9.18 Å². The predicted molar refractivity (Wildman–Crippen MR) is 89.2 cm³/mol. The summed E-state index contributed by atoms with van der Waals surface area (Å²) < 4.78 is 18.9. The summed E-state index contributed by atoms with van der Waals surface area (Å²) in [6.07, 6.45) is -3.99. The highest BCUT2D eigenvalue weighted by molar-refractivity contribution is 6.43. The number of halogens is 1. The van der Waals surface area contributed by atoms with Crippen molar-refractivity contribution in [2.24, 2.45) is 0 Å². The Balaban J connectivity index is 1.90. The summed E-state index contributed by atoms with van der Waals surface area (Å²) in [6, 6.07) is 10.6. The lowest BCUT2D eigenvalue weighted by Crippen LogP contribution is -2.49. The van der Waals surface area contributed by atoms with Crippen molar-refractivity contribution in [2.75, 3.05) is 13.1 Å². The highest BCUT2D eigenvalue weighted by atomic mass is 19.1. The maximum atomic E-state index is 14.0. The number of alkyl halides is 1. The topological polar surface area (TPSA) is 123 Å². The quantitative estimate of drug-likeness (QED) is 0.602. The first kappa shape index (κ1) is 19.7. The predicted octanol–water partition coefficient (Wildman–Crippen LogP) is -0.202. The number of likely N-dealkylation sites (tertiary alicyclic amines) is 1. The molecule has 1 aliphatic rings. The minimum absolute atomic E-state index is 0.143. The molecule has 1 aromatic carbocycles. The second-order valence-electron chi connectivity index (χ2n) is 5.95. The standard InChI is InChI=1S/C16H19BFN3O5/c18-12-9-21(15(22)6-7-19)10-13(12)26-16(23)20-14(17(24)25)8-11-4-2-1-3-5-11/h1-5,12-14,24-25H,6,8-10H2,(H,20,23)/t12-,13+,14-/m0/s1. The van der Waals surface area contributed by atoms with Gasteiger partial charge in [-0.2, -0.15) is 5.26 Å². The van der Waals surface area contributed by atoms with Crippen LogP contribution in [0.25, 0.3) is 0 Å². The van der Waals surface area contributed by atoms with Crippen molar-refractivity contribution in [3.63, 3.8) is 0 Å². The Morgan fingerprint density at radius 2 is 2.08 bits per heavy atom. The Kier molecular flexibility index (Phi) is 6.94. The smallest absolute Gasteiger partial charge is 0.441 e. The van der Waals surface area contributed by atoms with E-state index in [9.17, 15) is 24.0 Å². The highest BCUT2D eigenvalue weighted by Crippen LogP contribution is 2.18. The van der Waals surface area contributed by atoms with Crippen molar-refractivity contribution in [2.45, 2.75) is 31.1 Å². The molecule has 3 N–H and O–H groups in total. The van der Waals surface area contributed by atoms with E-state index >= 15 is 0 Å². The normalized spacial score (nSPS) is 20.2. The van der Waals surface area contributed by atoms with Crippen LogP contribution in [0.1, 0.15) is 12.0 Å². The molecule has 3 atom stereocenters. The molecule has 0 radical (unpaired) electrons. The van der Waals surface area contributed by atoms with E-state index < -0.39 is 37.3 Å². The third-order valence-electron chi connectivity index (χ3n) is 4.00. The molecule has 1 fully saturated rings. The molecule has 26 heavy (non-hydrogen) atoms. The highest BCUT2D eigenvalue weighted by Gasteiger charge is 2.38. The van der Waals surface area contributed by atoms with Crippen LogP contribution in [0.4, 0.5) is 9.18 Å². The number of nitrogens with one attached hydrogen (secondary N) is 1. The molecule has 0 saturated carbocycles. The lowest BCUT2D eigenvalue weighted by Gasteiger charge is -2.20. The van der Waals surface area contributed by atoms with Gasteiger partial charge in [0.15, 0.2) is 12.3 Å². The summed E-state index contributed by atoms with van der Waals surface area (Å²) in [5, 5.41) is 29.7. The lowest BCUT2D eigenvalue weighted by molar-refractivity contribution is -0.129. The van der Waals surface area contributed by atoms with Crippen molar-refractivity contribution in [3.8, 4) is 6.07 Å². The Morgan fingerprint density at radius 3 is 2.69 bits per heavy atom. The average molecular weight is 363 g/mol. The first-order valence-corrected chi connectivity index (χ1v) is 8.06. The summed E-state index contributed by atoms with van der Waals surface area (Å²) in [5.41, 5.74) is 0.767. The molecule has 2 rings (SSSR count). The van der Waals surface area contributed by atoms with Crippen LogP contribution in [0, 0.1) is 11.3 Å². The van der Waals surface area contributed by atoms with E-state index in [-0.39, 0.29) is 25.9 Å². The first-order chi connectivity index (χ1) is 12.4.